The summed E-state index contributed by atoms with van der Waals surface area (Å²) in [7, 11) is -3.86. The highest BCUT2D eigenvalue weighted by atomic mass is 32.2. The first kappa shape index (κ1) is 25.3. The largest absolute Gasteiger partial charge is 0.404 e. The molecule has 2 atom stereocenters. The van der Waals surface area contributed by atoms with Crippen LogP contribution in [0.1, 0.15) is 26.3 Å². The lowest BCUT2D eigenvalue weighted by atomic mass is 10.2. The zero-order valence-electron chi connectivity index (χ0n) is 19.9. The van der Waals surface area contributed by atoms with E-state index in [1.165, 1.54) is 10.4 Å². The molecule has 0 aliphatic heterocycles. The van der Waals surface area contributed by atoms with E-state index in [4.69, 9.17) is 4.43 Å². The molecule has 5 heteroatoms. The number of benzene rings is 3. The van der Waals surface area contributed by atoms with Gasteiger partial charge in [0.15, 0.2) is 0 Å². The first-order valence-electron chi connectivity index (χ1n) is 11.3. The monoisotopic (exact) mass is 478 g/mol. The van der Waals surface area contributed by atoms with Gasteiger partial charge in [-0.15, -0.1) is 0 Å². The molecule has 3 aromatic rings. The topological polar surface area (TPSA) is 46.5 Å². The van der Waals surface area contributed by atoms with Gasteiger partial charge in [0.25, 0.3) is 8.32 Å². The van der Waals surface area contributed by atoms with Crippen molar-refractivity contribution in [2.75, 3.05) is 12.4 Å². The van der Waals surface area contributed by atoms with Crippen molar-refractivity contribution >= 4 is 29.5 Å². The molecule has 174 valence electrons. The molecule has 0 aliphatic carbocycles. The Labute approximate surface area is 201 Å². The van der Waals surface area contributed by atoms with Crippen LogP contribution in [0.4, 0.5) is 0 Å². The molecule has 3 aromatic carbocycles. The SMILES string of the molecule is Cc1ccc(S(=O)C[C@@H](O)/C=C\CO[Si](c2ccccc2)(c2ccccc2)C(C)(C)C)cc1. The van der Waals surface area contributed by atoms with Crippen molar-refractivity contribution in [3.63, 3.8) is 0 Å². The first-order chi connectivity index (χ1) is 15.7. The highest BCUT2D eigenvalue weighted by Gasteiger charge is 2.49. The molecule has 0 aliphatic rings. The molecular formula is C28H34O3SSi. The Balaban J connectivity index is 1.77. The summed E-state index contributed by atoms with van der Waals surface area (Å²) < 4.78 is 19.3. The van der Waals surface area contributed by atoms with Gasteiger partial charge in [0.2, 0.25) is 0 Å². The molecule has 0 fully saturated rings. The fourth-order valence-electron chi connectivity index (χ4n) is 4.14. The standard InChI is InChI=1S/C28H34O3SSi/c1-23-17-19-25(20-18-23)32(30)22-24(29)12-11-21-31-33(28(2,3)4,26-13-7-5-8-14-26)27-15-9-6-10-16-27/h5-20,24,29H,21-22H2,1-4H3/b12-11-/t24-,32?/m0/s1. The summed E-state index contributed by atoms with van der Waals surface area (Å²) in [5.41, 5.74) is 1.12. The number of aliphatic hydroxyl groups excluding tert-OH is 1. The van der Waals surface area contributed by atoms with Crippen molar-refractivity contribution in [3.05, 3.63) is 103 Å². The van der Waals surface area contributed by atoms with E-state index in [2.05, 4.69) is 69.3 Å². The van der Waals surface area contributed by atoms with Crippen LogP contribution < -0.4 is 10.4 Å². The Hall–Kier alpha value is -2.31. The Bertz CT molecular complexity index is 1020. The van der Waals surface area contributed by atoms with Gasteiger partial charge in [0.1, 0.15) is 0 Å². The van der Waals surface area contributed by atoms with Gasteiger partial charge < -0.3 is 9.53 Å². The highest BCUT2D eigenvalue weighted by Crippen LogP contribution is 2.36. The van der Waals surface area contributed by atoms with Crippen molar-refractivity contribution in [2.45, 2.75) is 43.7 Å². The Kier molecular flexibility index (Phi) is 8.60. The molecule has 0 bridgehead atoms. The van der Waals surface area contributed by atoms with Gasteiger partial charge in [0.05, 0.1) is 29.3 Å². The smallest absolute Gasteiger partial charge is 0.261 e. The number of hydrogen-bond donors (Lipinski definition) is 1. The van der Waals surface area contributed by atoms with Crippen LogP contribution in [0, 0.1) is 6.92 Å². The average molecular weight is 479 g/mol. The van der Waals surface area contributed by atoms with Crippen molar-refractivity contribution < 1.29 is 13.7 Å². The lowest BCUT2D eigenvalue weighted by Crippen LogP contribution is -2.66. The normalized spacial score (nSPS) is 14.3. The fourth-order valence-corrected chi connectivity index (χ4v) is 9.70. The number of aryl methyl sites for hydroxylation is 1. The van der Waals surface area contributed by atoms with Gasteiger partial charge in [0, 0.05) is 4.90 Å². The van der Waals surface area contributed by atoms with E-state index in [0.717, 1.165) is 10.5 Å². The lowest BCUT2D eigenvalue weighted by molar-refractivity contribution is 0.245. The van der Waals surface area contributed by atoms with E-state index >= 15 is 0 Å². The van der Waals surface area contributed by atoms with E-state index in [0.29, 0.717) is 6.61 Å². The second-order valence-corrected chi connectivity index (χ2v) is 15.1. The molecule has 33 heavy (non-hydrogen) atoms. The summed E-state index contributed by atoms with van der Waals surface area (Å²) in [6.45, 7) is 9.09. The maximum atomic E-state index is 12.6. The molecule has 1 N–H and O–H groups in total. The summed E-state index contributed by atoms with van der Waals surface area (Å²) in [6, 6.07) is 28.5. The third-order valence-corrected chi connectivity index (χ3v) is 12.2. The van der Waals surface area contributed by atoms with Gasteiger partial charge in [-0.05, 0) is 34.5 Å². The lowest BCUT2D eigenvalue weighted by Gasteiger charge is -2.42. The summed E-state index contributed by atoms with van der Waals surface area (Å²) in [6.07, 6.45) is 2.76. The molecule has 1 unspecified atom stereocenters. The predicted octanol–water partition coefficient (Wildman–Crippen LogP) is 4.60. The van der Waals surface area contributed by atoms with Crippen LogP contribution >= 0.6 is 0 Å². The summed E-state index contributed by atoms with van der Waals surface area (Å²) in [5, 5.41) is 12.8. The van der Waals surface area contributed by atoms with Crippen molar-refractivity contribution in [3.8, 4) is 0 Å². The average Bonchev–Trinajstić information content (AvgIpc) is 2.80. The van der Waals surface area contributed by atoms with Gasteiger partial charge in [-0.25, -0.2) is 0 Å². The van der Waals surface area contributed by atoms with E-state index in [1.54, 1.807) is 6.08 Å². The number of aliphatic hydroxyl groups is 1. The van der Waals surface area contributed by atoms with E-state index < -0.39 is 25.2 Å². The van der Waals surface area contributed by atoms with E-state index in [9.17, 15) is 9.32 Å². The molecule has 0 saturated heterocycles. The molecule has 0 amide bonds. The van der Waals surface area contributed by atoms with Crippen LogP contribution in [-0.2, 0) is 15.2 Å². The van der Waals surface area contributed by atoms with Crippen LogP contribution in [0.3, 0.4) is 0 Å². The van der Waals surface area contributed by atoms with Gasteiger partial charge in [-0.1, -0.05) is 111 Å². The summed E-state index contributed by atoms with van der Waals surface area (Å²) >= 11 is 0. The molecule has 0 heterocycles. The molecule has 0 radical (unpaired) electrons. The second-order valence-electron chi connectivity index (χ2n) is 9.29. The molecule has 3 nitrogen and oxygen atoms in total. The van der Waals surface area contributed by atoms with E-state index in [-0.39, 0.29) is 10.8 Å². The Morgan fingerprint density at radius 3 is 1.91 bits per heavy atom. The van der Waals surface area contributed by atoms with Crippen LogP contribution in [0.25, 0.3) is 0 Å². The van der Waals surface area contributed by atoms with Crippen molar-refractivity contribution in [2.24, 2.45) is 0 Å². The zero-order valence-corrected chi connectivity index (χ0v) is 21.7. The third-order valence-electron chi connectivity index (χ3n) is 5.78. The van der Waals surface area contributed by atoms with Crippen LogP contribution in [0.2, 0.25) is 5.04 Å². The van der Waals surface area contributed by atoms with Crippen molar-refractivity contribution in [1.82, 2.24) is 0 Å². The maximum absolute atomic E-state index is 12.6. The van der Waals surface area contributed by atoms with Gasteiger partial charge in [-0.2, -0.15) is 0 Å². The highest BCUT2D eigenvalue weighted by molar-refractivity contribution is 7.85. The molecule has 0 saturated carbocycles. The van der Waals surface area contributed by atoms with Crippen LogP contribution in [-0.4, -0.2) is 36.1 Å². The first-order valence-corrected chi connectivity index (χ1v) is 14.5. The Morgan fingerprint density at radius 1 is 0.909 bits per heavy atom. The quantitative estimate of drug-likeness (QED) is 0.361. The number of rotatable bonds is 9. The molecule has 0 aromatic heterocycles. The molecular weight excluding hydrogens is 444 g/mol. The van der Waals surface area contributed by atoms with Crippen molar-refractivity contribution in [1.29, 1.82) is 0 Å². The minimum absolute atomic E-state index is 0.102. The van der Waals surface area contributed by atoms with E-state index in [1.807, 2.05) is 49.4 Å². The fraction of sp³-hybridized carbons (Fsp3) is 0.286. The minimum atomic E-state index is -2.60. The Morgan fingerprint density at radius 2 is 1.42 bits per heavy atom. The predicted molar refractivity (Wildman–Crippen MR) is 141 cm³/mol. The zero-order chi connectivity index (χ0) is 23.9. The number of hydrogen-bond acceptors (Lipinski definition) is 3. The van der Waals surface area contributed by atoms with Gasteiger partial charge in [-0.3, -0.25) is 4.21 Å². The summed E-state index contributed by atoms with van der Waals surface area (Å²) in [4.78, 5) is 0.733. The summed E-state index contributed by atoms with van der Waals surface area (Å²) in [5.74, 6) is 0.165. The second kappa shape index (κ2) is 11.2. The van der Waals surface area contributed by atoms with Crippen LogP contribution in [0.5, 0.6) is 0 Å². The third kappa shape index (κ3) is 6.18. The maximum Gasteiger partial charge on any atom is 0.261 e. The van der Waals surface area contributed by atoms with Crippen LogP contribution in [0.15, 0.2) is 102 Å². The van der Waals surface area contributed by atoms with Gasteiger partial charge >= 0.3 is 0 Å². The molecule has 3 rings (SSSR count). The minimum Gasteiger partial charge on any atom is -0.404 e. The molecule has 0 spiro atoms.